The third-order valence-electron chi connectivity index (χ3n) is 2.10. The molecule has 3 N–H and O–H groups in total. The summed E-state index contributed by atoms with van der Waals surface area (Å²) in [6, 6.07) is 3.63. The number of rotatable bonds is 3. The van der Waals surface area contributed by atoms with Gasteiger partial charge in [-0.05, 0) is 19.4 Å². The predicted octanol–water partition coefficient (Wildman–Crippen LogP) is 1.19. The molecule has 0 spiro atoms. The number of nitrogens with one attached hydrogen (secondary N) is 1. The fourth-order valence-corrected chi connectivity index (χ4v) is 1.10. The molecule has 0 heterocycles. The smallest absolute Gasteiger partial charge is 0.271 e. The van der Waals surface area contributed by atoms with Crippen molar-refractivity contribution in [2.24, 2.45) is 5.73 Å². The van der Waals surface area contributed by atoms with Crippen LogP contribution in [0.3, 0.4) is 0 Å². The quantitative estimate of drug-likeness (QED) is 0.593. The molecule has 0 aromatic heterocycles. The van der Waals surface area contributed by atoms with Crippen LogP contribution in [0.4, 0.5) is 11.4 Å². The first-order valence-electron chi connectivity index (χ1n) is 4.73. The van der Waals surface area contributed by atoms with Crippen molar-refractivity contribution in [3.63, 3.8) is 0 Å². The van der Waals surface area contributed by atoms with Crippen LogP contribution >= 0.6 is 0 Å². The predicted molar refractivity (Wildman–Crippen MR) is 60.1 cm³/mol. The topological polar surface area (TPSA) is 98.3 Å². The largest absolute Gasteiger partial charge is 0.324 e. The molecule has 0 radical (unpaired) electrons. The monoisotopic (exact) mass is 223 g/mol. The Kier molecular flexibility index (Phi) is 3.57. The number of hydrogen-bond acceptors (Lipinski definition) is 4. The molecule has 16 heavy (non-hydrogen) atoms. The fourth-order valence-electron chi connectivity index (χ4n) is 1.10. The molecule has 1 rings (SSSR count). The van der Waals surface area contributed by atoms with Crippen LogP contribution in [0.5, 0.6) is 0 Å². The van der Waals surface area contributed by atoms with E-state index >= 15 is 0 Å². The van der Waals surface area contributed by atoms with Gasteiger partial charge in [-0.2, -0.15) is 0 Å². The van der Waals surface area contributed by atoms with Crippen LogP contribution in [0.1, 0.15) is 12.5 Å². The number of nitrogens with zero attached hydrogens (tertiary/aromatic N) is 1. The number of non-ortho nitro benzene ring substituents is 1. The molecule has 1 aromatic rings. The van der Waals surface area contributed by atoms with Crippen LogP contribution in [0.25, 0.3) is 0 Å². The second-order valence-electron chi connectivity index (χ2n) is 3.53. The van der Waals surface area contributed by atoms with E-state index in [0.29, 0.717) is 5.69 Å². The van der Waals surface area contributed by atoms with Gasteiger partial charge in [0, 0.05) is 12.1 Å². The molecule has 1 atom stereocenters. The molecule has 0 aliphatic rings. The summed E-state index contributed by atoms with van der Waals surface area (Å²) in [5.74, 6) is -0.372. The SMILES string of the molecule is Cc1ccc([N+](=O)[O-])cc1NC(=O)C(C)N. The van der Waals surface area contributed by atoms with E-state index in [9.17, 15) is 14.9 Å². The lowest BCUT2D eigenvalue weighted by atomic mass is 10.1. The zero-order valence-corrected chi connectivity index (χ0v) is 9.06. The van der Waals surface area contributed by atoms with Gasteiger partial charge in [0.15, 0.2) is 0 Å². The van der Waals surface area contributed by atoms with Crippen LogP contribution in [0, 0.1) is 17.0 Å². The van der Waals surface area contributed by atoms with Gasteiger partial charge in [0.1, 0.15) is 0 Å². The summed E-state index contributed by atoms with van der Waals surface area (Å²) >= 11 is 0. The average molecular weight is 223 g/mol. The summed E-state index contributed by atoms with van der Waals surface area (Å²) in [6.45, 7) is 3.29. The molecule has 0 bridgehead atoms. The van der Waals surface area contributed by atoms with E-state index in [0.717, 1.165) is 5.56 Å². The van der Waals surface area contributed by atoms with E-state index in [4.69, 9.17) is 5.73 Å². The summed E-state index contributed by atoms with van der Waals surface area (Å²) in [6.07, 6.45) is 0. The van der Waals surface area contributed by atoms with Crippen LogP contribution in [-0.2, 0) is 4.79 Å². The molecule has 0 fully saturated rings. The highest BCUT2D eigenvalue weighted by molar-refractivity contribution is 5.95. The van der Waals surface area contributed by atoms with E-state index in [2.05, 4.69) is 5.32 Å². The first-order valence-corrected chi connectivity index (χ1v) is 4.73. The van der Waals surface area contributed by atoms with Crippen molar-refractivity contribution < 1.29 is 9.72 Å². The Morgan fingerprint density at radius 1 is 1.56 bits per heavy atom. The minimum Gasteiger partial charge on any atom is -0.324 e. The highest BCUT2D eigenvalue weighted by atomic mass is 16.6. The van der Waals surface area contributed by atoms with Crippen LogP contribution in [0.2, 0.25) is 0 Å². The van der Waals surface area contributed by atoms with Crippen molar-refractivity contribution in [2.45, 2.75) is 19.9 Å². The van der Waals surface area contributed by atoms with E-state index in [1.807, 2.05) is 0 Å². The van der Waals surface area contributed by atoms with Crippen molar-refractivity contribution in [3.05, 3.63) is 33.9 Å². The Labute approximate surface area is 92.6 Å². The average Bonchev–Trinajstić information content (AvgIpc) is 2.20. The molecule has 1 aromatic carbocycles. The van der Waals surface area contributed by atoms with Crippen LogP contribution in [0.15, 0.2) is 18.2 Å². The minimum absolute atomic E-state index is 0.0643. The lowest BCUT2D eigenvalue weighted by molar-refractivity contribution is -0.384. The maximum Gasteiger partial charge on any atom is 0.271 e. The number of anilines is 1. The summed E-state index contributed by atoms with van der Waals surface area (Å²) in [5, 5.41) is 13.1. The van der Waals surface area contributed by atoms with E-state index < -0.39 is 11.0 Å². The molecule has 1 unspecified atom stereocenters. The lowest BCUT2D eigenvalue weighted by Gasteiger charge is -2.09. The zero-order valence-electron chi connectivity index (χ0n) is 9.06. The minimum atomic E-state index is -0.654. The Morgan fingerprint density at radius 3 is 2.69 bits per heavy atom. The number of hydrogen-bond donors (Lipinski definition) is 2. The molecular weight excluding hydrogens is 210 g/mol. The summed E-state index contributed by atoms with van der Waals surface area (Å²) in [7, 11) is 0. The number of nitro benzene ring substituents is 1. The number of nitrogens with two attached hydrogens (primary N) is 1. The van der Waals surface area contributed by atoms with Crippen molar-refractivity contribution >= 4 is 17.3 Å². The van der Waals surface area contributed by atoms with E-state index in [1.54, 1.807) is 19.9 Å². The summed E-state index contributed by atoms with van der Waals surface area (Å²) < 4.78 is 0. The fraction of sp³-hybridized carbons (Fsp3) is 0.300. The van der Waals surface area contributed by atoms with Crippen molar-refractivity contribution in [2.75, 3.05) is 5.32 Å². The molecule has 1 amide bonds. The number of amides is 1. The second-order valence-corrected chi connectivity index (χ2v) is 3.53. The van der Waals surface area contributed by atoms with Gasteiger partial charge in [-0.25, -0.2) is 0 Å². The maximum atomic E-state index is 11.3. The first kappa shape index (κ1) is 12.1. The maximum absolute atomic E-state index is 11.3. The number of aryl methyl sites for hydroxylation is 1. The van der Waals surface area contributed by atoms with Gasteiger partial charge in [0.25, 0.3) is 5.69 Å². The zero-order chi connectivity index (χ0) is 12.3. The van der Waals surface area contributed by atoms with Crippen molar-refractivity contribution in [1.82, 2.24) is 0 Å². The number of carbonyl (C=O) groups is 1. The molecule has 6 heteroatoms. The normalized spacial score (nSPS) is 11.9. The van der Waals surface area contributed by atoms with Crippen LogP contribution in [-0.4, -0.2) is 16.9 Å². The Hall–Kier alpha value is -1.95. The van der Waals surface area contributed by atoms with E-state index in [-0.39, 0.29) is 11.6 Å². The Balaban J connectivity index is 2.99. The molecule has 6 nitrogen and oxygen atoms in total. The number of nitro groups is 1. The molecule has 0 saturated heterocycles. The Bertz CT molecular complexity index is 429. The first-order chi connectivity index (χ1) is 7.41. The number of carbonyl (C=O) groups excluding carboxylic acids is 1. The lowest BCUT2D eigenvalue weighted by Crippen LogP contribution is -2.32. The van der Waals surface area contributed by atoms with E-state index in [1.165, 1.54) is 12.1 Å². The summed E-state index contributed by atoms with van der Waals surface area (Å²) in [4.78, 5) is 21.4. The van der Waals surface area contributed by atoms with Crippen molar-refractivity contribution in [1.29, 1.82) is 0 Å². The second kappa shape index (κ2) is 4.71. The van der Waals surface area contributed by atoms with Gasteiger partial charge in [-0.1, -0.05) is 6.07 Å². The molecule has 0 aliphatic carbocycles. The molecule has 86 valence electrons. The van der Waals surface area contributed by atoms with Gasteiger partial charge in [0.2, 0.25) is 5.91 Å². The highest BCUT2D eigenvalue weighted by Crippen LogP contribution is 2.21. The van der Waals surface area contributed by atoms with Gasteiger partial charge in [-0.3, -0.25) is 14.9 Å². The van der Waals surface area contributed by atoms with Gasteiger partial charge in [0.05, 0.1) is 16.7 Å². The van der Waals surface area contributed by atoms with Crippen molar-refractivity contribution in [3.8, 4) is 0 Å². The van der Waals surface area contributed by atoms with Gasteiger partial charge < -0.3 is 11.1 Å². The number of benzene rings is 1. The third-order valence-corrected chi connectivity index (χ3v) is 2.10. The van der Waals surface area contributed by atoms with Crippen LogP contribution < -0.4 is 11.1 Å². The third kappa shape index (κ3) is 2.77. The standard InChI is InChI=1S/C10H13N3O3/c1-6-3-4-8(13(15)16)5-9(6)12-10(14)7(2)11/h3-5,7H,11H2,1-2H3,(H,12,14). The Morgan fingerprint density at radius 2 is 2.19 bits per heavy atom. The highest BCUT2D eigenvalue weighted by Gasteiger charge is 2.12. The summed E-state index contributed by atoms with van der Waals surface area (Å²) in [5.41, 5.74) is 6.48. The molecule has 0 aliphatic heterocycles. The molecule has 0 saturated carbocycles. The van der Waals surface area contributed by atoms with Gasteiger partial charge in [-0.15, -0.1) is 0 Å². The molecular formula is C10H13N3O3. The van der Waals surface area contributed by atoms with Gasteiger partial charge >= 0.3 is 0 Å².